The number of carbonyl (C=O) groups is 3. The van der Waals surface area contributed by atoms with E-state index in [-0.39, 0.29) is 59.6 Å². The summed E-state index contributed by atoms with van der Waals surface area (Å²) in [7, 11) is 0. The van der Waals surface area contributed by atoms with E-state index in [1.54, 1.807) is 0 Å². The molecule has 3 N–H and O–H groups in total. The maximum atomic E-state index is 13.5. The van der Waals surface area contributed by atoms with E-state index in [1.807, 2.05) is 0 Å². The van der Waals surface area contributed by atoms with Crippen molar-refractivity contribution in [3.8, 4) is 5.75 Å². The zero-order valence-corrected chi connectivity index (χ0v) is 21.0. The Kier molecular flexibility index (Phi) is 10.2. The molecule has 0 atom stereocenters. The Morgan fingerprint density at radius 2 is 1.61 bits per heavy atom. The quantitative estimate of drug-likeness (QED) is 0.300. The first kappa shape index (κ1) is 28.6. The third-order valence-electron chi connectivity index (χ3n) is 4.84. The third-order valence-corrected chi connectivity index (χ3v) is 5.39. The summed E-state index contributed by atoms with van der Waals surface area (Å²) in [4.78, 5) is 35.9. The molecule has 0 heterocycles. The van der Waals surface area contributed by atoms with Gasteiger partial charge in [-0.05, 0) is 48.5 Å². The minimum Gasteiger partial charge on any atom is -0.545 e. The van der Waals surface area contributed by atoms with Gasteiger partial charge in [0.05, 0.1) is 41.1 Å². The average Bonchev–Trinajstić information content (AvgIpc) is 2.85. The summed E-state index contributed by atoms with van der Waals surface area (Å²) in [5.74, 6) is -3.65. The van der Waals surface area contributed by atoms with Gasteiger partial charge in [-0.1, -0.05) is 23.2 Å². The van der Waals surface area contributed by atoms with Crippen molar-refractivity contribution in [1.82, 2.24) is 5.32 Å². The zero-order chi connectivity index (χ0) is 27.7. The number of nitrogens with one attached hydrogen (secondary N) is 3. The van der Waals surface area contributed by atoms with Gasteiger partial charge in [0.1, 0.15) is 24.0 Å². The monoisotopic (exact) mass is 566 g/mol. The second-order valence-electron chi connectivity index (χ2n) is 7.54. The summed E-state index contributed by atoms with van der Waals surface area (Å²) in [5, 5.41) is 19.2. The molecule has 3 rings (SSSR count). The van der Waals surface area contributed by atoms with Crippen molar-refractivity contribution in [3.63, 3.8) is 0 Å². The highest BCUT2D eigenvalue weighted by Gasteiger charge is 2.14. The molecular weight excluding hydrogens is 547 g/mol. The first-order valence-corrected chi connectivity index (χ1v) is 11.7. The molecule has 0 saturated carbocycles. The molecule has 0 aliphatic carbocycles. The first-order chi connectivity index (χ1) is 18.1. The van der Waals surface area contributed by atoms with E-state index in [0.717, 1.165) is 12.1 Å². The molecule has 3 aromatic rings. The largest absolute Gasteiger partial charge is 0.545 e. The van der Waals surface area contributed by atoms with Crippen LogP contribution in [0.2, 0.25) is 10.0 Å². The van der Waals surface area contributed by atoms with E-state index in [0.29, 0.717) is 11.1 Å². The molecule has 0 fully saturated rings. The number of halogens is 4. The number of anilines is 2. The second-order valence-corrected chi connectivity index (χ2v) is 8.38. The van der Waals surface area contributed by atoms with Crippen LogP contribution in [0.15, 0.2) is 54.6 Å². The van der Waals surface area contributed by atoms with Crippen LogP contribution in [0.3, 0.4) is 0 Å². The number of ether oxygens (including phenoxy) is 2. The van der Waals surface area contributed by atoms with Gasteiger partial charge in [0.25, 0.3) is 5.91 Å². The van der Waals surface area contributed by atoms with Crippen LogP contribution in [-0.2, 0) is 4.74 Å². The summed E-state index contributed by atoms with van der Waals surface area (Å²) in [6, 6.07) is 10.3. The summed E-state index contributed by atoms with van der Waals surface area (Å²) in [6.45, 7) is 0.344. The molecule has 0 bridgehead atoms. The molecule has 0 aliphatic rings. The Balaban J connectivity index is 1.42. The molecule has 0 spiro atoms. The van der Waals surface area contributed by atoms with Gasteiger partial charge < -0.3 is 35.3 Å². The van der Waals surface area contributed by atoms with Crippen molar-refractivity contribution in [2.45, 2.75) is 0 Å². The van der Waals surface area contributed by atoms with Gasteiger partial charge in [-0.3, -0.25) is 4.79 Å². The third kappa shape index (κ3) is 8.30. The molecule has 38 heavy (non-hydrogen) atoms. The fourth-order valence-corrected chi connectivity index (χ4v) is 3.56. The van der Waals surface area contributed by atoms with Crippen LogP contribution >= 0.6 is 23.2 Å². The molecule has 3 amide bonds. The van der Waals surface area contributed by atoms with E-state index >= 15 is 0 Å². The SMILES string of the molecule is O=C(NCCOCCOc1ccc(NC(=O)c2ccc(Cl)cc2Cl)c(C(=O)[O-])c1)Nc1ccc(F)cc1F. The standard InChI is InChI=1S/C25H21Cl2F2N3O6/c26-14-1-4-17(19(27)11-14)23(33)31-21-6-3-16(13-18(21)24(34)35)38-10-9-37-8-7-30-25(36)32-22-5-2-15(28)12-20(22)29/h1-6,11-13H,7-10H2,(H,31,33)(H,34,35)(H2,30,32,36)/p-1. The van der Waals surface area contributed by atoms with Crippen LogP contribution in [0, 0.1) is 11.6 Å². The average molecular weight is 567 g/mol. The van der Waals surface area contributed by atoms with E-state index in [4.69, 9.17) is 32.7 Å². The normalized spacial score (nSPS) is 10.5. The minimum absolute atomic E-state index is 0.0190. The topological polar surface area (TPSA) is 129 Å². The van der Waals surface area contributed by atoms with Gasteiger partial charge in [-0.2, -0.15) is 0 Å². The lowest BCUT2D eigenvalue weighted by atomic mass is 10.1. The molecule has 13 heteroatoms. The minimum atomic E-state index is -1.53. The van der Waals surface area contributed by atoms with Crippen molar-refractivity contribution in [1.29, 1.82) is 0 Å². The number of urea groups is 1. The summed E-state index contributed by atoms with van der Waals surface area (Å²) >= 11 is 11.9. The smallest absolute Gasteiger partial charge is 0.319 e. The van der Waals surface area contributed by atoms with Crippen LogP contribution in [0.4, 0.5) is 25.0 Å². The van der Waals surface area contributed by atoms with Crippen molar-refractivity contribution in [2.24, 2.45) is 0 Å². The van der Waals surface area contributed by atoms with Crippen LogP contribution in [0.25, 0.3) is 0 Å². The van der Waals surface area contributed by atoms with Crippen LogP contribution in [0.5, 0.6) is 5.75 Å². The molecule has 0 saturated heterocycles. The Labute approximate surface area is 225 Å². The lowest BCUT2D eigenvalue weighted by Crippen LogP contribution is -2.32. The maximum absolute atomic E-state index is 13.5. The lowest BCUT2D eigenvalue weighted by molar-refractivity contribution is -0.254. The van der Waals surface area contributed by atoms with Gasteiger partial charge in [0.2, 0.25) is 0 Å². The fourth-order valence-electron chi connectivity index (χ4n) is 3.07. The number of carboxylic acids is 1. The molecule has 200 valence electrons. The highest BCUT2D eigenvalue weighted by molar-refractivity contribution is 6.37. The molecule has 0 unspecified atom stereocenters. The van der Waals surface area contributed by atoms with Gasteiger partial charge in [0, 0.05) is 23.2 Å². The van der Waals surface area contributed by atoms with Crippen molar-refractivity contribution in [2.75, 3.05) is 37.0 Å². The Morgan fingerprint density at radius 3 is 2.32 bits per heavy atom. The van der Waals surface area contributed by atoms with Crippen molar-refractivity contribution in [3.05, 3.63) is 87.4 Å². The Morgan fingerprint density at radius 1 is 0.842 bits per heavy atom. The van der Waals surface area contributed by atoms with E-state index in [1.165, 1.54) is 36.4 Å². The highest BCUT2D eigenvalue weighted by Crippen LogP contribution is 2.25. The number of hydrogen-bond acceptors (Lipinski definition) is 6. The molecule has 3 aromatic carbocycles. The molecule has 0 aromatic heterocycles. The number of rotatable bonds is 11. The summed E-state index contributed by atoms with van der Waals surface area (Å²) in [6.07, 6.45) is 0. The molecular formula is C25H20Cl2F2N3O6-. The number of carboxylic acid groups (broad SMARTS) is 1. The van der Waals surface area contributed by atoms with Crippen molar-refractivity contribution < 1.29 is 37.7 Å². The first-order valence-electron chi connectivity index (χ1n) is 11.0. The second kappa shape index (κ2) is 13.6. The fraction of sp³-hybridized carbons (Fsp3) is 0.160. The van der Waals surface area contributed by atoms with Crippen LogP contribution in [0.1, 0.15) is 20.7 Å². The Hall–Kier alpha value is -3.93. The number of carbonyl (C=O) groups excluding carboxylic acids is 3. The van der Waals surface area contributed by atoms with Crippen LogP contribution in [-0.4, -0.2) is 44.3 Å². The van der Waals surface area contributed by atoms with E-state index in [9.17, 15) is 28.3 Å². The summed E-state index contributed by atoms with van der Waals surface area (Å²) < 4.78 is 37.2. The predicted molar refractivity (Wildman–Crippen MR) is 135 cm³/mol. The predicted octanol–water partition coefficient (Wildman–Crippen LogP) is 4.10. The number of hydrogen-bond donors (Lipinski definition) is 3. The molecule has 0 aliphatic heterocycles. The maximum Gasteiger partial charge on any atom is 0.319 e. The molecule has 9 nitrogen and oxygen atoms in total. The van der Waals surface area contributed by atoms with Gasteiger partial charge in [-0.15, -0.1) is 0 Å². The number of benzene rings is 3. The van der Waals surface area contributed by atoms with Gasteiger partial charge in [0.15, 0.2) is 0 Å². The van der Waals surface area contributed by atoms with E-state index in [2.05, 4.69) is 16.0 Å². The number of aromatic carboxylic acids is 1. The zero-order valence-electron chi connectivity index (χ0n) is 19.5. The van der Waals surface area contributed by atoms with Gasteiger partial charge in [-0.25, -0.2) is 13.6 Å². The van der Waals surface area contributed by atoms with Gasteiger partial charge >= 0.3 is 6.03 Å². The van der Waals surface area contributed by atoms with Crippen LogP contribution < -0.4 is 25.8 Å². The van der Waals surface area contributed by atoms with E-state index < -0.39 is 29.5 Å². The number of amides is 3. The highest BCUT2D eigenvalue weighted by atomic mass is 35.5. The Bertz CT molecular complexity index is 1340. The van der Waals surface area contributed by atoms with Crippen molar-refractivity contribution >= 4 is 52.5 Å². The lowest BCUT2D eigenvalue weighted by Gasteiger charge is -2.15. The summed E-state index contributed by atoms with van der Waals surface area (Å²) in [5.41, 5.74) is -0.398. The molecule has 0 radical (unpaired) electrons.